The second-order valence-corrected chi connectivity index (χ2v) is 17.5. The van der Waals surface area contributed by atoms with Gasteiger partial charge in [-0.1, -0.05) is 170 Å². The van der Waals surface area contributed by atoms with Crippen molar-refractivity contribution < 1.29 is 32.9 Å². The predicted molar refractivity (Wildman–Crippen MR) is 244 cm³/mol. The summed E-state index contributed by atoms with van der Waals surface area (Å²) < 4.78 is 23.4. The van der Waals surface area contributed by atoms with E-state index in [0.29, 0.717) is 17.4 Å². The molecular weight excluding hydrogens is 732 g/mol. The molecule has 0 aliphatic rings. The van der Waals surface area contributed by atoms with Crippen LogP contribution in [0.15, 0.2) is 85.1 Å². The number of amides is 1. The second kappa shape index (κ2) is 39.2. The van der Waals surface area contributed by atoms with Gasteiger partial charge in [0.15, 0.2) is 0 Å². The smallest absolute Gasteiger partial charge is 0.387 e. The largest absolute Gasteiger partial charge is 0.472 e. The van der Waals surface area contributed by atoms with Crippen LogP contribution in [0.5, 0.6) is 0 Å². The average molecular weight is 818 g/mol. The zero-order chi connectivity index (χ0) is 42.1. The van der Waals surface area contributed by atoms with E-state index >= 15 is 0 Å². The van der Waals surface area contributed by atoms with Crippen LogP contribution < -0.4 is 5.32 Å². The third-order valence-electron chi connectivity index (χ3n) is 9.35. The molecule has 3 atom stereocenters. The monoisotopic (exact) mass is 818 g/mol. The molecule has 0 bridgehead atoms. The van der Waals surface area contributed by atoms with E-state index in [9.17, 15) is 19.4 Å². The number of quaternary nitrogens is 1. The van der Waals surface area contributed by atoms with E-state index < -0.39 is 20.0 Å². The number of hydrogen-bond donors (Lipinski definition) is 3. The first kappa shape index (κ1) is 54.7. The van der Waals surface area contributed by atoms with Crippen LogP contribution in [0, 0.1) is 0 Å². The highest BCUT2D eigenvalue weighted by Crippen LogP contribution is 2.43. The van der Waals surface area contributed by atoms with Gasteiger partial charge in [-0.15, -0.1) is 0 Å². The molecule has 0 aliphatic carbocycles. The summed E-state index contributed by atoms with van der Waals surface area (Å²) in [4.78, 5) is 23.0. The SMILES string of the molecule is CC/C=C\C/C=C\C/C=C\C/C=C\C/C=C\CCCCCCCCCCCCCC(=O)NC(COP(=O)(O)OCC[N+](C)(C)C)C(O)/C=C/CC/C=C/CCCC. The Morgan fingerprint density at radius 1 is 0.614 bits per heavy atom. The Morgan fingerprint density at radius 3 is 1.61 bits per heavy atom. The number of phosphoric acid groups is 1. The summed E-state index contributed by atoms with van der Waals surface area (Å²) in [6.45, 7) is 4.57. The van der Waals surface area contributed by atoms with Gasteiger partial charge >= 0.3 is 7.82 Å². The number of allylic oxidation sites excluding steroid dienone is 13. The summed E-state index contributed by atoms with van der Waals surface area (Å²) in [5, 5.41) is 13.7. The fraction of sp³-hybridized carbons (Fsp3) is 0.688. The van der Waals surface area contributed by atoms with Crippen molar-refractivity contribution in [1.29, 1.82) is 0 Å². The van der Waals surface area contributed by atoms with Crippen molar-refractivity contribution in [2.24, 2.45) is 0 Å². The van der Waals surface area contributed by atoms with E-state index in [1.807, 2.05) is 27.2 Å². The van der Waals surface area contributed by atoms with E-state index in [1.165, 1.54) is 70.6 Å². The van der Waals surface area contributed by atoms with Crippen LogP contribution in [0.1, 0.15) is 162 Å². The third kappa shape index (κ3) is 41.6. The number of carbonyl (C=O) groups is 1. The van der Waals surface area contributed by atoms with Crippen molar-refractivity contribution in [1.82, 2.24) is 5.32 Å². The zero-order valence-electron chi connectivity index (χ0n) is 37.0. The van der Waals surface area contributed by atoms with E-state index in [-0.39, 0.29) is 19.1 Å². The second-order valence-electron chi connectivity index (χ2n) is 16.0. The molecule has 0 aromatic rings. The lowest BCUT2D eigenvalue weighted by atomic mass is 10.0. The molecule has 9 heteroatoms. The average Bonchev–Trinajstić information content (AvgIpc) is 3.16. The van der Waals surface area contributed by atoms with Crippen LogP contribution in [0.3, 0.4) is 0 Å². The van der Waals surface area contributed by atoms with Crippen LogP contribution in [0.2, 0.25) is 0 Å². The Bertz CT molecular complexity index is 1200. The molecule has 0 heterocycles. The van der Waals surface area contributed by atoms with Crippen LogP contribution >= 0.6 is 7.82 Å². The maximum Gasteiger partial charge on any atom is 0.472 e. The van der Waals surface area contributed by atoms with Crippen molar-refractivity contribution in [2.45, 2.75) is 174 Å². The minimum Gasteiger partial charge on any atom is -0.387 e. The number of hydrogen-bond acceptors (Lipinski definition) is 5. The van der Waals surface area contributed by atoms with Gasteiger partial charge in [-0.25, -0.2) is 4.57 Å². The molecule has 3 unspecified atom stereocenters. The molecule has 0 saturated carbocycles. The van der Waals surface area contributed by atoms with Gasteiger partial charge in [-0.3, -0.25) is 13.8 Å². The number of phosphoric ester groups is 1. The molecule has 0 rings (SSSR count). The molecule has 0 aromatic heterocycles. The zero-order valence-corrected chi connectivity index (χ0v) is 37.9. The molecule has 3 N–H and O–H groups in total. The first-order chi connectivity index (χ1) is 27.5. The van der Waals surface area contributed by atoms with E-state index in [0.717, 1.165) is 70.6 Å². The molecule has 0 fully saturated rings. The molecule has 0 saturated heterocycles. The topological polar surface area (TPSA) is 105 Å². The lowest BCUT2D eigenvalue weighted by Gasteiger charge is -2.25. The Morgan fingerprint density at radius 2 is 1.07 bits per heavy atom. The number of aliphatic hydroxyl groups is 1. The third-order valence-corrected chi connectivity index (χ3v) is 10.3. The van der Waals surface area contributed by atoms with E-state index in [1.54, 1.807) is 6.08 Å². The molecule has 328 valence electrons. The number of aliphatic hydroxyl groups excluding tert-OH is 1. The van der Waals surface area contributed by atoms with Crippen molar-refractivity contribution in [3.8, 4) is 0 Å². The standard InChI is InChI=1S/C48H85N2O6P/c1-6-8-10-12-14-16-17-18-19-20-21-22-23-24-25-26-27-28-29-30-31-32-33-34-36-38-40-42-48(52)49-46(45-56-57(53,54)55-44-43-50(3,4)5)47(51)41-39-37-35-15-13-11-9-7-2/h8,10,13-16,18-19,21-22,24-25,39,41,46-47,51H,6-7,9,11-12,17,20,23,26-38,40,42-45H2,1-5H3,(H-,49,52,53,54)/p+1/b10-8-,15-13+,16-14-,19-18-,22-21-,25-24-,41-39+. The minimum atomic E-state index is -4.34. The normalized spacial score (nSPS) is 15.1. The molecule has 0 aliphatic heterocycles. The Balaban J connectivity index is 4.17. The molecule has 0 aromatic carbocycles. The number of nitrogens with one attached hydrogen (secondary N) is 1. The van der Waals surface area contributed by atoms with Gasteiger partial charge < -0.3 is 19.8 Å². The van der Waals surface area contributed by atoms with Crippen molar-refractivity contribution >= 4 is 13.7 Å². The van der Waals surface area contributed by atoms with Gasteiger partial charge in [-0.2, -0.15) is 0 Å². The highest BCUT2D eigenvalue weighted by atomic mass is 31.2. The lowest BCUT2D eigenvalue weighted by Crippen LogP contribution is -2.45. The summed E-state index contributed by atoms with van der Waals surface area (Å²) in [5.74, 6) is -0.199. The summed E-state index contributed by atoms with van der Waals surface area (Å²) in [5.41, 5.74) is 0. The molecule has 0 spiro atoms. The van der Waals surface area contributed by atoms with Crippen molar-refractivity contribution in [3.63, 3.8) is 0 Å². The summed E-state index contributed by atoms with van der Waals surface area (Å²) in [6, 6.07) is -0.866. The quantitative estimate of drug-likeness (QED) is 0.0247. The van der Waals surface area contributed by atoms with Gasteiger partial charge in [0.2, 0.25) is 5.91 Å². The van der Waals surface area contributed by atoms with Crippen LogP contribution in [0.25, 0.3) is 0 Å². The molecular formula is C48H86N2O6P+. The fourth-order valence-electron chi connectivity index (χ4n) is 5.77. The summed E-state index contributed by atoms with van der Waals surface area (Å²) in [7, 11) is 1.53. The first-order valence-electron chi connectivity index (χ1n) is 22.5. The van der Waals surface area contributed by atoms with Gasteiger partial charge in [0.1, 0.15) is 13.2 Å². The minimum absolute atomic E-state index is 0.0511. The van der Waals surface area contributed by atoms with E-state index in [4.69, 9.17) is 9.05 Å². The van der Waals surface area contributed by atoms with Crippen LogP contribution in [-0.4, -0.2) is 73.4 Å². The number of unbranched alkanes of at least 4 members (excludes halogenated alkanes) is 14. The van der Waals surface area contributed by atoms with Gasteiger partial charge in [-0.05, 0) is 70.6 Å². The maximum atomic E-state index is 12.8. The molecule has 1 amide bonds. The van der Waals surface area contributed by atoms with E-state index in [2.05, 4.69) is 92.1 Å². The molecule has 0 radical (unpaired) electrons. The predicted octanol–water partition coefficient (Wildman–Crippen LogP) is 12.6. The van der Waals surface area contributed by atoms with Crippen LogP contribution in [-0.2, 0) is 18.4 Å². The van der Waals surface area contributed by atoms with Gasteiger partial charge in [0, 0.05) is 6.42 Å². The molecule has 57 heavy (non-hydrogen) atoms. The Labute approximate surface area is 350 Å². The first-order valence-corrected chi connectivity index (χ1v) is 24.0. The van der Waals surface area contributed by atoms with Crippen LogP contribution in [0.4, 0.5) is 0 Å². The lowest BCUT2D eigenvalue weighted by molar-refractivity contribution is -0.870. The Kier molecular flexibility index (Phi) is 37.6. The number of likely N-dealkylation sites (N-methyl/N-ethyl adjacent to an activating group) is 1. The van der Waals surface area contributed by atoms with Crippen molar-refractivity contribution in [2.75, 3.05) is 40.9 Å². The Hall–Kier alpha value is -2.32. The summed E-state index contributed by atoms with van der Waals surface area (Å²) >= 11 is 0. The number of nitrogens with zero attached hydrogens (tertiary/aromatic N) is 1. The highest BCUT2D eigenvalue weighted by molar-refractivity contribution is 7.47. The highest BCUT2D eigenvalue weighted by Gasteiger charge is 2.27. The molecule has 8 nitrogen and oxygen atoms in total. The van der Waals surface area contributed by atoms with Gasteiger partial charge in [0.05, 0.1) is 39.9 Å². The van der Waals surface area contributed by atoms with Gasteiger partial charge in [0.25, 0.3) is 0 Å². The maximum absolute atomic E-state index is 12.8. The fourth-order valence-corrected chi connectivity index (χ4v) is 6.51. The number of carbonyl (C=O) groups excluding carboxylic acids is 1. The summed E-state index contributed by atoms with van der Waals surface area (Å²) in [6.07, 6.45) is 54.0. The van der Waals surface area contributed by atoms with Crippen molar-refractivity contribution in [3.05, 3.63) is 85.1 Å². The number of rotatable bonds is 39.